The molecule has 1 aromatic heterocycles. The highest BCUT2D eigenvalue weighted by atomic mass is 16.5. The van der Waals surface area contributed by atoms with Crippen LogP contribution < -0.4 is 4.74 Å². The molecule has 3 rings (SSSR count). The highest BCUT2D eigenvalue weighted by molar-refractivity contribution is 6.03. The van der Waals surface area contributed by atoms with Crippen molar-refractivity contribution in [3.63, 3.8) is 0 Å². The molecule has 0 fully saturated rings. The molecule has 146 valence electrons. The third-order valence-electron chi connectivity index (χ3n) is 4.48. The molecule has 0 aliphatic heterocycles. The number of fused-ring (bicyclic) bond motifs is 1. The zero-order chi connectivity index (χ0) is 20.1. The van der Waals surface area contributed by atoms with Gasteiger partial charge < -0.3 is 19.2 Å². The van der Waals surface area contributed by atoms with Crippen LogP contribution in [-0.4, -0.2) is 30.6 Å². The van der Waals surface area contributed by atoms with Crippen molar-refractivity contribution >= 4 is 22.8 Å². The molecule has 1 N–H and O–H groups in total. The number of rotatable bonds is 7. The van der Waals surface area contributed by atoms with Gasteiger partial charge >= 0.3 is 11.9 Å². The summed E-state index contributed by atoms with van der Waals surface area (Å²) in [6, 6.07) is 13.1. The number of carbonyl (C=O) groups is 2. The Kier molecular flexibility index (Phi) is 5.99. The van der Waals surface area contributed by atoms with Gasteiger partial charge in [-0.1, -0.05) is 37.3 Å². The lowest BCUT2D eigenvalue weighted by Gasteiger charge is -2.11. The molecule has 0 radical (unpaired) electrons. The molecule has 0 saturated carbocycles. The molecule has 0 saturated heterocycles. The molecule has 0 unspecified atom stereocenters. The molecule has 0 aliphatic carbocycles. The van der Waals surface area contributed by atoms with E-state index in [1.165, 1.54) is 7.11 Å². The third kappa shape index (κ3) is 3.86. The molecule has 0 amide bonds. The Balaban J connectivity index is 2.06. The maximum atomic E-state index is 12.3. The van der Waals surface area contributed by atoms with Crippen LogP contribution in [-0.2, 0) is 22.5 Å². The highest BCUT2D eigenvalue weighted by Crippen LogP contribution is 2.31. The smallest absolute Gasteiger partial charge is 0.355 e. The quantitative estimate of drug-likeness (QED) is 0.618. The number of aromatic amines is 1. The van der Waals surface area contributed by atoms with Gasteiger partial charge in [-0.3, -0.25) is 0 Å². The minimum Gasteiger partial charge on any atom is -0.488 e. The fourth-order valence-corrected chi connectivity index (χ4v) is 3.15. The van der Waals surface area contributed by atoms with Crippen molar-refractivity contribution in [2.45, 2.75) is 26.9 Å². The average Bonchev–Trinajstić information content (AvgIpc) is 3.09. The van der Waals surface area contributed by atoms with Crippen LogP contribution in [0.3, 0.4) is 0 Å². The predicted octanol–water partition coefficient (Wildman–Crippen LogP) is 4.27. The van der Waals surface area contributed by atoms with E-state index >= 15 is 0 Å². The second kappa shape index (κ2) is 8.61. The van der Waals surface area contributed by atoms with Crippen molar-refractivity contribution in [2.24, 2.45) is 0 Å². The summed E-state index contributed by atoms with van der Waals surface area (Å²) >= 11 is 0. The first-order valence-corrected chi connectivity index (χ1v) is 9.19. The van der Waals surface area contributed by atoms with Crippen LogP contribution in [0, 0.1) is 0 Å². The first-order chi connectivity index (χ1) is 13.6. The van der Waals surface area contributed by atoms with Gasteiger partial charge in [0.15, 0.2) is 0 Å². The number of aryl methyl sites for hydroxylation is 1. The number of methoxy groups -OCH3 is 1. The molecule has 0 atom stereocenters. The van der Waals surface area contributed by atoms with Crippen molar-refractivity contribution in [1.82, 2.24) is 4.98 Å². The molecule has 6 heteroatoms. The number of ether oxygens (including phenoxy) is 3. The Morgan fingerprint density at radius 2 is 1.79 bits per heavy atom. The largest absolute Gasteiger partial charge is 0.488 e. The lowest BCUT2D eigenvalue weighted by molar-refractivity contribution is 0.0518. The van der Waals surface area contributed by atoms with Gasteiger partial charge in [-0.2, -0.15) is 0 Å². The average molecular weight is 381 g/mol. The zero-order valence-corrected chi connectivity index (χ0v) is 16.2. The van der Waals surface area contributed by atoms with Crippen molar-refractivity contribution in [1.29, 1.82) is 0 Å². The third-order valence-corrected chi connectivity index (χ3v) is 4.48. The van der Waals surface area contributed by atoms with Crippen molar-refractivity contribution in [2.75, 3.05) is 13.7 Å². The van der Waals surface area contributed by atoms with Gasteiger partial charge in [-0.25, -0.2) is 9.59 Å². The Morgan fingerprint density at radius 3 is 2.43 bits per heavy atom. The maximum absolute atomic E-state index is 12.3. The van der Waals surface area contributed by atoms with Crippen molar-refractivity contribution in [3.05, 3.63) is 64.8 Å². The summed E-state index contributed by atoms with van der Waals surface area (Å²) in [7, 11) is 1.33. The number of benzene rings is 2. The van der Waals surface area contributed by atoms with Crippen LogP contribution in [0.2, 0.25) is 0 Å². The molecule has 0 spiro atoms. The van der Waals surface area contributed by atoms with Crippen LogP contribution in [0.5, 0.6) is 5.75 Å². The molecule has 28 heavy (non-hydrogen) atoms. The van der Waals surface area contributed by atoms with Crippen LogP contribution >= 0.6 is 0 Å². The standard InChI is InChI=1S/C22H23NO5/c1-4-15-16-11-17(21(24)26-3)19(28-13-14-9-7-6-8-10-14)12-18(16)23-20(15)22(25)27-5-2/h6-12,23H,4-5,13H2,1-3H3. The van der Waals surface area contributed by atoms with Crippen molar-refractivity contribution in [3.8, 4) is 5.75 Å². The van der Waals surface area contributed by atoms with Gasteiger partial charge in [-0.05, 0) is 30.5 Å². The Bertz CT molecular complexity index is 991. The van der Waals surface area contributed by atoms with Crippen LogP contribution in [0.15, 0.2) is 42.5 Å². The lowest BCUT2D eigenvalue weighted by Crippen LogP contribution is -2.07. The first-order valence-electron chi connectivity index (χ1n) is 9.19. The highest BCUT2D eigenvalue weighted by Gasteiger charge is 2.22. The maximum Gasteiger partial charge on any atom is 0.355 e. The van der Waals surface area contributed by atoms with E-state index in [1.54, 1.807) is 19.1 Å². The van der Waals surface area contributed by atoms with Crippen LogP contribution in [0.25, 0.3) is 10.9 Å². The minimum absolute atomic E-state index is 0.288. The van der Waals surface area contributed by atoms with Crippen LogP contribution in [0.1, 0.15) is 45.8 Å². The van der Waals surface area contributed by atoms with Crippen molar-refractivity contribution < 1.29 is 23.8 Å². The van der Waals surface area contributed by atoms with E-state index in [9.17, 15) is 9.59 Å². The second-order valence-corrected chi connectivity index (χ2v) is 6.21. The summed E-state index contributed by atoms with van der Waals surface area (Å²) in [5.74, 6) is -0.518. The molecule has 3 aromatic rings. The van der Waals surface area contributed by atoms with E-state index in [0.717, 1.165) is 16.5 Å². The Hall–Kier alpha value is -3.28. The molecule has 6 nitrogen and oxygen atoms in total. The molecular weight excluding hydrogens is 358 g/mol. The number of hydrogen-bond acceptors (Lipinski definition) is 5. The summed E-state index contributed by atoms with van der Waals surface area (Å²) in [6.07, 6.45) is 0.610. The zero-order valence-electron chi connectivity index (χ0n) is 16.2. The number of aromatic nitrogens is 1. The summed E-state index contributed by atoms with van der Waals surface area (Å²) in [4.78, 5) is 27.7. The normalized spacial score (nSPS) is 10.7. The van der Waals surface area contributed by atoms with E-state index in [2.05, 4.69) is 4.98 Å². The Labute approximate surface area is 163 Å². The number of hydrogen-bond donors (Lipinski definition) is 1. The first kappa shape index (κ1) is 19.5. The summed E-state index contributed by atoms with van der Waals surface area (Å²) < 4.78 is 16.0. The van der Waals surface area contributed by atoms with E-state index in [1.807, 2.05) is 37.3 Å². The molecule has 0 bridgehead atoms. The fraction of sp³-hybridized carbons (Fsp3) is 0.273. The van der Waals surface area contributed by atoms with E-state index in [0.29, 0.717) is 35.6 Å². The van der Waals surface area contributed by atoms with E-state index in [4.69, 9.17) is 14.2 Å². The Morgan fingerprint density at radius 1 is 1.04 bits per heavy atom. The SMILES string of the molecule is CCOC(=O)c1[nH]c2cc(OCc3ccccc3)c(C(=O)OC)cc2c1CC. The summed E-state index contributed by atoms with van der Waals surface area (Å²) in [5.41, 5.74) is 3.20. The molecular formula is C22H23NO5. The van der Waals surface area contributed by atoms with Gasteiger partial charge in [0.2, 0.25) is 0 Å². The second-order valence-electron chi connectivity index (χ2n) is 6.21. The molecule has 0 aliphatic rings. The molecule has 1 heterocycles. The van der Waals surface area contributed by atoms with Gasteiger partial charge in [0.1, 0.15) is 23.6 Å². The number of H-pyrrole nitrogens is 1. The number of carbonyl (C=O) groups excluding carboxylic acids is 2. The lowest BCUT2D eigenvalue weighted by atomic mass is 10.0. The van der Waals surface area contributed by atoms with E-state index < -0.39 is 11.9 Å². The van der Waals surface area contributed by atoms with Gasteiger partial charge in [0, 0.05) is 11.5 Å². The van der Waals surface area contributed by atoms with Gasteiger partial charge in [0.25, 0.3) is 0 Å². The summed E-state index contributed by atoms with van der Waals surface area (Å²) in [5, 5.41) is 0.776. The van der Waals surface area contributed by atoms with Gasteiger partial charge in [0.05, 0.1) is 19.2 Å². The van der Waals surface area contributed by atoms with E-state index in [-0.39, 0.29) is 6.61 Å². The fourth-order valence-electron chi connectivity index (χ4n) is 3.15. The molecule has 2 aromatic carbocycles. The summed E-state index contributed by atoms with van der Waals surface area (Å²) in [6.45, 7) is 4.30. The monoisotopic (exact) mass is 381 g/mol. The number of nitrogens with one attached hydrogen (secondary N) is 1. The topological polar surface area (TPSA) is 77.6 Å². The number of esters is 2. The minimum atomic E-state index is -0.495. The van der Waals surface area contributed by atoms with Gasteiger partial charge in [-0.15, -0.1) is 0 Å². The van der Waals surface area contributed by atoms with Crippen LogP contribution in [0.4, 0.5) is 0 Å². The predicted molar refractivity (Wildman–Crippen MR) is 106 cm³/mol.